The minimum atomic E-state index is -4.43. The zero-order chi connectivity index (χ0) is 18.4. The van der Waals surface area contributed by atoms with E-state index in [1.807, 2.05) is 32.0 Å². The van der Waals surface area contributed by atoms with E-state index < -0.39 is 11.7 Å². The van der Waals surface area contributed by atoms with E-state index in [0.717, 1.165) is 29.0 Å². The minimum absolute atomic E-state index is 0.134. The molecule has 0 heterocycles. The standard InChI is InChI=1S/C19H20F3NO2/c1-13-8-9-17(14(2)11-13)25-10-4-7-18(24)23-16-6-3-5-15(12-16)19(20,21)22/h3,5-6,8-9,11-12H,4,7,10H2,1-2H3,(H,23,24). The van der Waals surface area contributed by atoms with E-state index in [2.05, 4.69) is 5.32 Å². The molecule has 134 valence electrons. The van der Waals surface area contributed by atoms with Gasteiger partial charge in [-0.1, -0.05) is 23.8 Å². The SMILES string of the molecule is Cc1ccc(OCCCC(=O)Nc2cccc(C(F)(F)F)c2)c(C)c1. The summed E-state index contributed by atoms with van der Waals surface area (Å²) < 4.78 is 43.6. The van der Waals surface area contributed by atoms with Gasteiger partial charge in [0, 0.05) is 12.1 Å². The maximum Gasteiger partial charge on any atom is 0.416 e. The second-order valence-electron chi connectivity index (χ2n) is 5.85. The lowest BCUT2D eigenvalue weighted by molar-refractivity contribution is -0.137. The molecule has 0 atom stereocenters. The zero-order valence-electron chi connectivity index (χ0n) is 14.1. The lowest BCUT2D eigenvalue weighted by atomic mass is 10.1. The van der Waals surface area contributed by atoms with Gasteiger partial charge in [-0.3, -0.25) is 4.79 Å². The third kappa shape index (κ3) is 5.81. The number of benzene rings is 2. The Balaban J connectivity index is 1.79. The van der Waals surface area contributed by atoms with Gasteiger partial charge in [0.25, 0.3) is 0 Å². The molecule has 3 nitrogen and oxygen atoms in total. The van der Waals surface area contributed by atoms with E-state index in [1.54, 1.807) is 0 Å². The fourth-order valence-electron chi connectivity index (χ4n) is 2.37. The molecule has 0 aliphatic heterocycles. The molecule has 0 radical (unpaired) electrons. The zero-order valence-corrected chi connectivity index (χ0v) is 14.1. The Hall–Kier alpha value is -2.50. The van der Waals surface area contributed by atoms with Crippen LogP contribution in [0.3, 0.4) is 0 Å². The Labute approximate surface area is 144 Å². The van der Waals surface area contributed by atoms with Crippen molar-refractivity contribution in [1.29, 1.82) is 0 Å². The van der Waals surface area contributed by atoms with E-state index in [0.29, 0.717) is 13.0 Å². The van der Waals surface area contributed by atoms with Gasteiger partial charge >= 0.3 is 6.18 Å². The highest BCUT2D eigenvalue weighted by Crippen LogP contribution is 2.30. The van der Waals surface area contributed by atoms with Gasteiger partial charge in [0.05, 0.1) is 12.2 Å². The van der Waals surface area contributed by atoms with Crippen molar-refractivity contribution in [3.8, 4) is 5.75 Å². The number of ether oxygens (including phenoxy) is 1. The Morgan fingerprint density at radius 3 is 2.56 bits per heavy atom. The first-order chi connectivity index (χ1) is 11.8. The van der Waals surface area contributed by atoms with Crippen molar-refractivity contribution in [3.63, 3.8) is 0 Å². The highest BCUT2D eigenvalue weighted by atomic mass is 19.4. The van der Waals surface area contributed by atoms with Crippen LogP contribution in [0.1, 0.15) is 29.5 Å². The highest BCUT2D eigenvalue weighted by Gasteiger charge is 2.30. The summed E-state index contributed by atoms with van der Waals surface area (Å²) in [7, 11) is 0. The number of carbonyl (C=O) groups is 1. The molecular formula is C19H20F3NO2. The number of hydrogen-bond acceptors (Lipinski definition) is 2. The molecule has 0 aliphatic rings. The van der Waals surface area contributed by atoms with E-state index >= 15 is 0 Å². The number of rotatable bonds is 6. The van der Waals surface area contributed by atoms with Gasteiger partial charge in [-0.2, -0.15) is 13.2 Å². The Kier molecular flexibility index (Phi) is 6.07. The third-order valence-electron chi connectivity index (χ3n) is 3.61. The molecule has 2 aromatic carbocycles. The van der Waals surface area contributed by atoms with Gasteiger partial charge < -0.3 is 10.1 Å². The summed E-state index contributed by atoms with van der Waals surface area (Å²) in [5.74, 6) is 0.424. The Bertz CT molecular complexity index is 742. The summed E-state index contributed by atoms with van der Waals surface area (Å²) in [6, 6.07) is 10.4. The lowest BCUT2D eigenvalue weighted by Crippen LogP contribution is -2.14. The van der Waals surface area contributed by atoms with Crippen LogP contribution in [-0.4, -0.2) is 12.5 Å². The quantitative estimate of drug-likeness (QED) is 0.734. The number of alkyl halides is 3. The summed E-state index contributed by atoms with van der Waals surface area (Å²) in [6.07, 6.45) is -3.79. The molecule has 0 saturated carbocycles. The second-order valence-corrected chi connectivity index (χ2v) is 5.85. The summed E-state index contributed by atoms with van der Waals surface area (Å²) >= 11 is 0. The number of halogens is 3. The highest BCUT2D eigenvalue weighted by molar-refractivity contribution is 5.90. The summed E-state index contributed by atoms with van der Waals surface area (Å²) in [5, 5.41) is 2.48. The van der Waals surface area contributed by atoms with E-state index in [9.17, 15) is 18.0 Å². The van der Waals surface area contributed by atoms with Crippen molar-refractivity contribution in [2.45, 2.75) is 32.9 Å². The van der Waals surface area contributed by atoms with E-state index in [-0.39, 0.29) is 18.0 Å². The number of nitrogens with one attached hydrogen (secondary N) is 1. The minimum Gasteiger partial charge on any atom is -0.493 e. The van der Waals surface area contributed by atoms with Crippen molar-refractivity contribution < 1.29 is 22.7 Å². The molecular weight excluding hydrogens is 331 g/mol. The van der Waals surface area contributed by atoms with Crippen LogP contribution in [0.5, 0.6) is 5.75 Å². The van der Waals surface area contributed by atoms with Crippen LogP contribution in [0, 0.1) is 13.8 Å². The van der Waals surface area contributed by atoms with Crippen molar-refractivity contribution in [3.05, 3.63) is 59.2 Å². The largest absolute Gasteiger partial charge is 0.493 e. The smallest absolute Gasteiger partial charge is 0.416 e. The predicted molar refractivity (Wildman–Crippen MR) is 90.7 cm³/mol. The van der Waals surface area contributed by atoms with Crippen LogP contribution < -0.4 is 10.1 Å². The number of aryl methyl sites for hydroxylation is 2. The molecule has 0 spiro atoms. The predicted octanol–water partition coefficient (Wildman–Crippen LogP) is 5.12. The summed E-state index contributed by atoms with van der Waals surface area (Å²) in [5.41, 5.74) is 1.51. The van der Waals surface area contributed by atoms with Gasteiger partial charge in [0.15, 0.2) is 0 Å². The normalized spacial score (nSPS) is 11.2. The molecule has 0 bridgehead atoms. The molecule has 2 aromatic rings. The fourth-order valence-corrected chi connectivity index (χ4v) is 2.37. The second kappa shape index (κ2) is 8.05. The molecule has 0 aliphatic carbocycles. The maximum atomic E-state index is 12.6. The van der Waals surface area contributed by atoms with Crippen LogP contribution in [0.25, 0.3) is 0 Å². The third-order valence-corrected chi connectivity index (χ3v) is 3.61. The van der Waals surface area contributed by atoms with E-state index in [1.165, 1.54) is 12.1 Å². The van der Waals surface area contributed by atoms with Crippen molar-refractivity contribution in [1.82, 2.24) is 0 Å². The first-order valence-corrected chi connectivity index (χ1v) is 7.93. The van der Waals surface area contributed by atoms with Gasteiger partial charge in [0.1, 0.15) is 5.75 Å². The first-order valence-electron chi connectivity index (χ1n) is 7.93. The molecule has 0 saturated heterocycles. The average Bonchev–Trinajstić information content (AvgIpc) is 2.52. The van der Waals surface area contributed by atoms with Crippen molar-refractivity contribution in [2.24, 2.45) is 0 Å². The van der Waals surface area contributed by atoms with Crippen molar-refractivity contribution >= 4 is 11.6 Å². The molecule has 0 unspecified atom stereocenters. The number of hydrogen-bond donors (Lipinski definition) is 1. The average molecular weight is 351 g/mol. The molecule has 0 aromatic heterocycles. The molecule has 2 rings (SSSR count). The first kappa shape index (κ1) is 18.8. The lowest BCUT2D eigenvalue weighted by Gasteiger charge is -2.11. The van der Waals surface area contributed by atoms with Gasteiger partial charge in [-0.15, -0.1) is 0 Å². The van der Waals surface area contributed by atoms with Crippen LogP contribution >= 0.6 is 0 Å². The molecule has 25 heavy (non-hydrogen) atoms. The summed E-state index contributed by atoms with van der Waals surface area (Å²) in [6.45, 7) is 4.30. The number of anilines is 1. The maximum absolute atomic E-state index is 12.6. The molecule has 0 fully saturated rings. The molecule has 1 amide bonds. The Morgan fingerprint density at radius 1 is 1.12 bits per heavy atom. The number of amides is 1. The fraction of sp³-hybridized carbons (Fsp3) is 0.316. The molecule has 6 heteroatoms. The summed E-state index contributed by atoms with van der Waals surface area (Å²) in [4.78, 5) is 11.8. The number of carbonyl (C=O) groups excluding carboxylic acids is 1. The Morgan fingerprint density at radius 2 is 1.88 bits per heavy atom. The molecule has 1 N–H and O–H groups in total. The van der Waals surface area contributed by atoms with Crippen molar-refractivity contribution in [2.75, 3.05) is 11.9 Å². The van der Waals surface area contributed by atoms with Crippen LogP contribution in [0.2, 0.25) is 0 Å². The topological polar surface area (TPSA) is 38.3 Å². The van der Waals surface area contributed by atoms with Crippen LogP contribution in [0.4, 0.5) is 18.9 Å². The van der Waals surface area contributed by atoms with Gasteiger partial charge in [-0.25, -0.2) is 0 Å². The van der Waals surface area contributed by atoms with Crippen LogP contribution in [-0.2, 0) is 11.0 Å². The van der Waals surface area contributed by atoms with Crippen LogP contribution in [0.15, 0.2) is 42.5 Å². The monoisotopic (exact) mass is 351 g/mol. The van der Waals surface area contributed by atoms with Gasteiger partial charge in [-0.05, 0) is 50.1 Å². The van der Waals surface area contributed by atoms with E-state index in [4.69, 9.17) is 4.74 Å². The van der Waals surface area contributed by atoms with Gasteiger partial charge in [0.2, 0.25) is 5.91 Å².